The van der Waals surface area contributed by atoms with Gasteiger partial charge < -0.3 is 30.7 Å². The van der Waals surface area contributed by atoms with Gasteiger partial charge in [0, 0.05) is 36.4 Å². The number of carbonyl (C=O) groups excluding carboxylic acids is 2. The zero-order valence-corrected chi connectivity index (χ0v) is 25.1. The van der Waals surface area contributed by atoms with E-state index in [1.54, 1.807) is 6.20 Å². The number of benzene rings is 3. The lowest BCUT2D eigenvalue weighted by Crippen LogP contribution is -2.37. The summed E-state index contributed by atoms with van der Waals surface area (Å²) in [5, 5.41) is 8.15. The number of ether oxygens (including phenoxy) is 2. The van der Waals surface area contributed by atoms with Crippen molar-refractivity contribution in [2.45, 2.75) is 58.7 Å². The second kappa shape index (κ2) is 13.0. The van der Waals surface area contributed by atoms with Crippen LogP contribution in [0.1, 0.15) is 63.7 Å². The van der Waals surface area contributed by atoms with Crippen LogP contribution in [0.5, 0.6) is 11.5 Å². The quantitative estimate of drug-likeness (QED) is 0.196. The molecule has 4 aromatic rings. The van der Waals surface area contributed by atoms with Gasteiger partial charge in [-0.05, 0) is 98.7 Å². The monoisotopic (exact) mass is 581 g/mol. The van der Waals surface area contributed by atoms with Gasteiger partial charge in [0.05, 0.1) is 18.8 Å². The van der Waals surface area contributed by atoms with E-state index in [9.17, 15) is 9.59 Å². The number of anilines is 3. The van der Waals surface area contributed by atoms with Crippen LogP contribution in [0.15, 0.2) is 72.9 Å². The molecule has 1 fully saturated rings. The Hall–Kier alpha value is -4.79. The second-order valence-corrected chi connectivity index (χ2v) is 11.0. The van der Waals surface area contributed by atoms with Crippen LogP contribution in [0.25, 0.3) is 10.8 Å². The van der Waals surface area contributed by atoms with E-state index in [1.807, 2.05) is 92.4 Å². The first-order valence-electron chi connectivity index (χ1n) is 14.8. The molecule has 0 radical (unpaired) electrons. The summed E-state index contributed by atoms with van der Waals surface area (Å²) in [6.07, 6.45) is 3.35. The van der Waals surface area contributed by atoms with Crippen LogP contribution >= 0.6 is 0 Å². The Morgan fingerprint density at radius 2 is 1.88 bits per heavy atom. The molecule has 9 nitrogen and oxygen atoms in total. The zero-order chi connectivity index (χ0) is 30.5. The summed E-state index contributed by atoms with van der Waals surface area (Å²) in [5.74, 6) is 1.49. The normalized spacial score (nSPS) is 15.4. The third-order valence-corrected chi connectivity index (χ3v) is 7.44. The van der Waals surface area contributed by atoms with E-state index < -0.39 is 6.04 Å². The van der Waals surface area contributed by atoms with Gasteiger partial charge in [0.1, 0.15) is 11.9 Å². The number of hydrogen-bond donors (Lipinski definition) is 3. The average molecular weight is 582 g/mol. The summed E-state index contributed by atoms with van der Waals surface area (Å²) in [7, 11) is 0. The Balaban J connectivity index is 1.53. The van der Waals surface area contributed by atoms with E-state index in [-0.39, 0.29) is 24.0 Å². The van der Waals surface area contributed by atoms with Crippen LogP contribution < -0.4 is 25.8 Å². The predicted molar refractivity (Wildman–Crippen MR) is 170 cm³/mol. The van der Waals surface area contributed by atoms with Crippen LogP contribution in [-0.2, 0) is 9.59 Å². The van der Waals surface area contributed by atoms with E-state index in [0.29, 0.717) is 36.2 Å². The van der Waals surface area contributed by atoms with Crippen LogP contribution in [0, 0.1) is 0 Å². The number of nitrogens with one attached hydrogen (secondary N) is 2. The van der Waals surface area contributed by atoms with Gasteiger partial charge in [-0.1, -0.05) is 18.2 Å². The van der Waals surface area contributed by atoms with Crippen molar-refractivity contribution in [1.82, 2.24) is 9.88 Å². The highest BCUT2D eigenvalue weighted by molar-refractivity contribution is 5.94. The zero-order valence-electron chi connectivity index (χ0n) is 25.1. The molecule has 1 aromatic heterocycles. The topological polar surface area (TPSA) is 119 Å². The highest BCUT2D eigenvalue weighted by Gasteiger charge is 2.35. The van der Waals surface area contributed by atoms with Gasteiger partial charge in [-0.3, -0.25) is 9.59 Å². The van der Waals surface area contributed by atoms with Crippen molar-refractivity contribution in [1.29, 1.82) is 0 Å². The van der Waals surface area contributed by atoms with E-state index in [2.05, 4.69) is 15.6 Å². The van der Waals surface area contributed by atoms with Crippen molar-refractivity contribution >= 4 is 39.8 Å². The highest BCUT2D eigenvalue weighted by Crippen LogP contribution is 2.38. The molecule has 1 aliphatic heterocycles. The first-order chi connectivity index (χ1) is 20.7. The number of pyridine rings is 1. The number of amides is 2. The van der Waals surface area contributed by atoms with E-state index in [1.165, 1.54) is 6.92 Å². The lowest BCUT2D eigenvalue weighted by Gasteiger charge is -2.31. The Kier molecular flexibility index (Phi) is 8.99. The van der Waals surface area contributed by atoms with Crippen molar-refractivity contribution in [3.05, 3.63) is 84.1 Å². The van der Waals surface area contributed by atoms with Crippen molar-refractivity contribution in [2.75, 3.05) is 29.5 Å². The fourth-order valence-corrected chi connectivity index (χ4v) is 5.64. The number of aromatic nitrogens is 1. The van der Waals surface area contributed by atoms with Crippen LogP contribution in [0.3, 0.4) is 0 Å². The molecule has 0 saturated carbocycles. The van der Waals surface area contributed by atoms with Crippen LogP contribution in [0.4, 0.5) is 17.2 Å². The maximum Gasteiger partial charge on any atom is 0.250 e. The minimum Gasteiger partial charge on any atom is -0.490 e. The van der Waals surface area contributed by atoms with Crippen molar-refractivity contribution in [2.24, 2.45) is 0 Å². The molecule has 9 heteroatoms. The van der Waals surface area contributed by atoms with Gasteiger partial charge in [0.25, 0.3) is 0 Å². The number of nitrogens with zero attached hydrogens (tertiary/aromatic N) is 2. The van der Waals surface area contributed by atoms with Crippen LogP contribution in [0.2, 0.25) is 0 Å². The standard InChI is InChI=1S/C34H39N5O4/c1-5-42-31-20-25(11-14-30(31)43-21(2)3)32(38-27-12-13-28-23(18-27)15-16-36-33(28)35)34(41)39-17-7-10-29(39)24-8-6-9-26(19-24)37-22(4)40/h6,8-9,11-16,18-21,29,32,38H,5,7,10,17H2,1-4H3,(H2,35,36)(H,37,40). The molecular weight excluding hydrogens is 542 g/mol. The average Bonchev–Trinajstić information content (AvgIpc) is 3.47. The number of carbonyl (C=O) groups is 2. The Morgan fingerprint density at radius 1 is 1.05 bits per heavy atom. The fraction of sp³-hybridized carbons (Fsp3) is 0.324. The van der Waals surface area contributed by atoms with E-state index >= 15 is 0 Å². The molecule has 2 heterocycles. The number of likely N-dealkylation sites (tertiary alicyclic amines) is 1. The summed E-state index contributed by atoms with van der Waals surface area (Å²) in [6, 6.07) is 20.3. The lowest BCUT2D eigenvalue weighted by atomic mass is 10.0. The number of fused-ring (bicyclic) bond motifs is 1. The van der Waals surface area contributed by atoms with Gasteiger partial charge in [-0.25, -0.2) is 4.98 Å². The van der Waals surface area contributed by atoms with Gasteiger partial charge in [-0.15, -0.1) is 0 Å². The van der Waals surface area contributed by atoms with Crippen molar-refractivity contribution in [3.8, 4) is 11.5 Å². The first kappa shape index (κ1) is 29.7. The summed E-state index contributed by atoms with van der Waals surface area (Å²) in [4.78, 5) is 32.3. The third-order valence-electron chi connectivity index (χ3n) is 7.44. The second-order valence-electron chi connectivity index (χ2n) is 11.0. The van der Waals surface area contributed by atoms with Gasteiger partial charge in [0.15, 0.2) is 11.5 Å². The summed E-state index contributed by atoms with van der Waals surface area (Å²) in [5.41, 5.74) is 9.33. The molecule has 43 heavy (non-hydrogen) atoms. The molecular formula is C34H39N5O4. The Labute approximate surface area is 252 Å². The molecule has 2 atom stereocenters. The molecule has 2 amide bonds. The van der Waals surface area contributed by atoms with E-state index in [0.717, 1.165) is 40.4 Å². The van der Waals surface area contributed by atoms with Crippen molar-refractivity contribution in [3.63, 3.8) is 0 Å². The molecule has 224 valence electrons. The van der Waals surface area contributed by atoms with Gasteiger partial charge >= 0.3 is 0 Å². The molecule has 4 N–H and O–H groups in total. The number of nitrogens with two attached hydrogens (primary N) is 1. The molecule has 5 rings (SSSR count). The smallest absolute Gasteiger partial charge is 0.250 e. The van der Waals surface area contributed by atoms with E-state index in [4.69, 9.17) is 15.2 Å². The molecule has 2 unspecified atom stereocenters. The van der Waals surface area contributed by atoms with Crippen molar-refractivity contribution < 1.29 is 19.1 Å². The first-order valence-corrected chi connectivity index (χ1v) is 14.8. The highest BCUT2D eigenvalue weighted by atomic mass is 16.5. The number of hydrogen-bond acceptors (Lipinski definition) is 7. The predicted octanol–water partition coefficient (Wildman–Crippen LogP) is 6.48. The minimum atomic E-state index is -0.705. The summed E-state index contributed by atoms with van der Waals surface area (Å²) < 4.78 is 12.0. The Morgan fingerprint density at radius 3 is 2.65 bits per heavy atom. The summed E-state index contributed by atoms with van der Waals surface area (Å²) >= 11 is 0. The Bertz CT molecular complexity index is 1620. The fourth-order valence-electron chi connectivity index (χ4n) is 5.64. The number of rotatable bonds is 10. The molecule has 0 aliphatic carbocycles. The lowest BCUT2D eigenvalue weighted by molar-refractivity contribution is -0.133. The van der Waals surface area contributed by atoms with Gasteiger partial charge in [0.2, 0.25) is 11.8 Å². The molecule has 3 aromatic carbocycles. The molecule has 0 spiro atoms. The maximum absolute atomic E-state index is 14.5. The molecule has 0 bridgehead atoms. The summed E-state index contributed by atoms with van der Waals surface area (Å²) in [6.45, 7) is 8.43. The molecule has 1 aliphatic rings. The minimum absolute atomic E-state index is 0.0289. The largest absolute Gasteiger partial charge is 0.490 e. The maximum atomic E-state index is 14.5. The van der Waals surface area contributed by atoms with Crippen LogP contribution in [-0.4, -0.2) is 41.0 Å². The molecule has 1 saturated heterocycles. The number of nitrogen functional groups attached to an aromatic ring is 1. The SMILES string of the molecule is CCOc1cc(C(Nc2ccc3c(N)nccc3c2)C(=O)N2CCCC2c2cccc(NC(C)=O)c2)ccc1OC(C)C. The van der Waals surface area contributed by atoms with Gasteiger partial charge in [-0.2, -0.15) is 0 Å². The third kappa shape index (κ3) is 6.83.